The van der Waals surface area contributed by atoms with E-state index in [-0.39, 0.29) is 5.82 Å². The summed E-state index contributed by atoms with van der Waals surface area (Å²) in [5.74, 6) is 0.223. The minimum absolute atomic E-state index is 0.371. The molecule has 0 aliphatic heterocycles. The van der Waals surface area contributed by atoms with Crippen molar-refractivity contribution < 1.29 is 4.39 Å². The Morgan fingerprint density at radius 2 is 2.40 bits per heavy atom. The van der Waals surface area contributed by atoms with E-state index in [9.17, 15) is 4.39 Å². The molecule has 0 bridgehead atoms. The van der Waals surface area contributed by atoms with Gasteiger partial charge in [0.15, 0.2) is 0 Å². The first-order chi connectivity index (χ1) is 4.86. The van der Waals surface area contributed by atoms with E-state index in [2.05, 4.69) is 11.1 Å². The van der Waals surface area contributed by atoms with Crippen LogP contribution >= 0.6 is 0 Å². The maximum atomic E-state index is 12.3. The average molecular weight is 136 g/mol. The van der Waals surface area contributed by atoms with E-state index in [0.717, 1.165) is 5.69 Å². The fraction of sp³-hybridized carbons (Fsp3) is 0.375. The van der Waals surface area contributed by atoms with Crippen LogP contribution in [0.25, 0.3) is 0 Å². The van der Waals surface area contributed by atoms with Gasteiger partial charge in [-0.1, -0.05) is 0 Å². The van der Waals surface area contributed by atoms with Crippen LogP contribution in [0.5, 0.6) is 0 Å². The average Bonchev–Trinajstić information content (AvgIpc) is 2.71. The predicted molar refractivity (Wildman–Crippen MR) is 35.0 cm³/mol. The maximum Gasteiger partial charge on any atom is 0.149 e. The Labute approximate surface area is 58.9 Å². The molecule has 0 aromatic carbocycles. The highest BCUT2D eigenvalue weighted by Gasteiger charge is 2.24. The Hall–Kier alpha value is -0.920. The summed E-state index contributed by atoms with van der Waals surface area (Å²) in [6, 6.07) is 4.14. The third kappa shape index (κ3) is 1.01. The summed E-state index contributed by atoms with van der Waals surface area (Å²) in [7, 11) is 0. The van der Waals surface area contributed by atoms with Gasteiger partial charge in [-0.3, -0.25) is 4.98 Å². The van der Waals surface area contributed by atoms with Crippen LogP contribution in [0.2, 0.25) is 0 Å². The van der Waals surface area contributed by atoms with Crippen molar-refractivity contribution in [3.8, 4) is 0 Å². The molecule has 0 spiro atoms. The molecule has 1 aliphatic carbocycles. The Morgan fingerprint density at radius 1 is 1.60 bits per heavy atom. The molecule has 51 valence electrons. The van der Waals surface area contributed by atoms with E-state index in [1.165, 1.54) is 19.0 Å². The van der Waals surface area contributed by atoms with Crippen molar-refractivity contribution in [2.24, 2.45) is 0 Å². The lowest BCUT2D eigenvalue weighted by Gasteiger charge is -1.92. The molecule has 0 saturated heterocycles. The summed E-state index contributed by atoms with van der Waals surface area (Å²) in [6.07, 6.45) is 3.63. The van der Waals surface area contributed by atoms with Crippen LogP contribution in [0, 0.1) is 11.9 Å². The second-order valence-corrected chi connectivity index (χ2v) is 2.59. The maximum absolute atomic E-state index is 12.3. The van der Waals surface area contributed by atoms with E-state index in [0.29, 0.717) is 5.92 Å². The van der Waals surface area contributed by atoms with Gasteiger partial charge in [0.1, 0.15) is 5.82 Å². The van der Waals surface area contributed by atoms with Gasteiger partial charge in [-0.25, -0.2) is 4.39 Å². The van der Waals surface area contributed by atoms with Crippen LogP contribution in [-0.2, 0) is 0 Å². The van der Waals surface area contributed by atoms with E-state index in [1.54, 1.807) is 6.07 Å². The van der Waals surface area contributed by atoms with E-state index >= 15 is 0 Å². The molecule has 0 amide bonds. The minimum Gasteiger partial charge on any atom is -0.258 e. The SMILES string of the molecule is Fc1[c]cc(C2CC2)nc1. The molecule has 1 aromatic heterocycles. The third-order valence-corrected chi connectivity index (χ3v) is 1.68. The summed E-state index contributed by atoms with van der Waals surface area (Å²) in [5, 5.41) is 0. The Bertz CT molecular complexity index is 226. The molecule has 1 heterocycles. The second kappa shape index (κ2) is 2.04. The first-order valence-electron chi connectivity index (χ1n) is 3.39. The molecule has 10 heavy (non-hydrogen) atoms. The molecule has 1 nitrogen and oxygen atoms in total. The second-order valence-electron chi connectivity index (χ2n) is 2.59. The first-order valence-corrected chi connectivity index (χ1v) is 3.39. The van der Waals surface area contributed by atoms with Crippen LogP contribution in [0.15, 0.2) is 12.3 Å². The van der Waals surface area contributed by atoms with Gasteiger partial charge < -0.3 is 0 Å². The number of hydrogen-bond donors (Lipinski definition) is 0. The zero-order chi connectivity index (χ0) is 6.97. The third-order valence-electron chi connectivity index (χ3n) is 1.68. The Balaban J connectivity index is 2.28. The molecule has 0 unspecified atom stereocenters. The lowest BCUT2D eigenvalue weighted by atomic mass is 10.2. The fourth-order valence-electron chi connectivity index (χ4n) is 0.951. The summed E-state index contributed by atoms with van der Waals surface area (Å²) >= 11 is 0. The number of pyridine rings is 1. The number of rotatable bonds is 1. The van der Waals surface area contributed by atoms with Crippen LogP contribution in [0.1, 0.15) is 24.5 Å². The summed E-state index contributed by atoms with van der Waals surface area (Å²) in [6.45, 7) is 0. The predicted octanol–water partition coefficient (Wildman–Crippen LogP) is 1.90. The minimum atomic E-state index is -0.371. The molecule has 1 radical (unpaired) electrons. The van der Waals surface area contributed by atoms with Gasteiger partial charge in [0.25, 0.3) is 0 Å². The lowest BCUT2D eigenvalue weighted by molar-refractivity contribution is 0.617. The van der Waals surface area contributed by atoms with Gasteiger partial charge in [-0.15, -0.1) is 0 Å². The number of aromatic nitrogens is 1. The highest BCUT2D eigenvalue weighted by molar-refractivity contribution is 5.14. The summed E-state index contributed by atoms with van der Waals surface area (Å²) < 4.78 is 12.3. The van der Waals surface area contributed by atoms with Crippen molar-refractivity contribution in [2.45, 2.75) is 18.8 Å². The molecule has 1 fully saturated rings. The fourth-order valence-corrected chi connectivity index (χ4v) is 0.951. The largest absolute Gasteiger partial charge is 0.258 e. The molecular formula is C8H7FN. The molecule has 2 rings (SSSR count). The van der Waals surface area contributed by atoms with Crippen molar-refractivity contribution in [1.29, 1.82) is 0 Å². The van der Waals surface area contributed by atoms with Crippen LogP contribution < -0.4 is 0 Å². The molecule has 0 N–H and O–H groups in total. The zero-order valence-electron chi connectivity index (χ0n) is 5.47. The molecule has 1 aromatic rings. The topological polar surface area (TPSA) is 12.9 Å². The molecule has 0 atom stereocenters. The zero-order valence-corrected chi connectivity index (χ0v) is 5.47. The van der Waals surface area contributed by atoms with E-state index in [4.69, 9.17) is 0 Å². The van der Waals surface area contributed by atoms with Crippen molar-refractivity contribution >= 4 is 0 Å². The summed E-state index contributed by atoms with van der Waals surface area (Å²) in [5.41, 5.74) is 0.987. The standard InChI is InChI=1S/C8H7FN/c9-7-3-4-8(10-5-7)6-1-2-6/h4-6H,1-2H2. The van der Waals surface area contributed by atoms with E-state index < -0.39 is 0 Å². The Morgan fingerprint density at radius 3 is 2.90 bits per heavy atom. The normalized spacial score (nSPS) is 17.3. The first kappa shape index (κ1) is 5.83. The van der Waals surface area contributed by atoms with Gasteiger partial charge in [0.05, 0.1) is 6.20 Å². The van der Waals surface area contributed by atoms with Crippen molar-refractivity contribution in [2.75, 3.05) is 0 Å². The smallest absolute Gasteiger partial charge is 0.149 e. The molecule has 1 aliphatic rings. The quantitative estimate of drug-likeness (QED) is 0.574. The van der Waals surface area contributed by atoms with Crippen LogP contribution in [0.3, 0.4) is 0 Å². The van der Waals surface area contributed by atoms with Gasteiger partial charge in [0, 0.05) is 17.7 Å². The molecule has 1 saturated carbocycles. The van der Waals surface area contributed by atoms with Gasteiger partial charge in [-0.2, -0.15) is 0 Å². The number of hydrogen-bond acceptors (Lipinski definition) is 1. The van der Waals surface area contributed by atoms with Crippen molar-refractivity contribution in [3.05, 3.63) is 29.8 Å². The van der Waals surface area contributed by atoms with Crippen molar-refractivity contribution in [1.82, 2.24) is 4.98 Å². The monoisotopic (exact) mass is 136 g/mol. The molecule has 2 heteroatoms. The van der Waals surface area contributed by atoms with Crippen LogP contribution in [0.4, 0.5) is 4.39 Å². The number of halogens is 1. The highest BCUT2D eigenvalue weighted by atomic mass is 19.1. The van der Waals surface area contributed by atoms with Gasteiger partial charge in [0.2, 0.25) is 0 Å². The Kier molecular flexibility index (Phi) is 1.19. The number of nitrogens with zero attached hydrogens (tertiary/aromatic N) is 1. The van der Waals surface area contributed by atoms with Crippen LogP contribution in [-0.4, -0.2) is 4.98 Å². The highest BCUT2D eigenvalue weighted by Crippen LogP contribution is 2.38. The summed E-state index contributed by atoms with van der Waals surface area (Å²) in [4.78, 5) is 3.93. The van der Waals surface area contributed by atoms with Gasteiger partial charge >= 0.3 is 0 Å². The lowest BCUT2D eigenvalue weighted by Crippen LogP contribution is -1.85. The van der Waals surface area contributed by atoms with E-state index in [1.807, 2.05) is 0 Å². The van der Waals surface area contributed by atoms with Gasteiger partial charge in [-0.05, 0) is 18.9 Å². The van der Waals surface area contributed by atoms with Crippen molar-refractivity contribution in [3.63, 3.8) is 0 Å². The molecular weight excluding hydrogens is 129 g/mol.